The van der Waals surface area contributed by atoms with Crippen LogP contribution in [0.2, 0.25) is 0 Å². The topological polar surface area (TPSA) is 0 Å². The molecule has 0 N–H and O–H groups in total. The molecule has 0 radical (unpaired) electrons. The van der Waals surface area contributed by atoms with Crippen molar-refractivity contribution >= 4 is 11.6 Å². The van der Waals surface area contributed by atoms with Crippen LogP contribution in [0.25, 0.3) is 0 Å². The third-order valence-corrected chi connectivity index (χ3v) is 1.12. The summed E-state index contributed by atoms with van der Waals surface area (Å²) < 4.78 is 0. The zero-order chi connectivity index (χ0) is 5.11. The number of hydrogen-bond acceptors (Lipinski definition) is 0. The molecule has 1 aliphatic carbocycles. The van der Waals surface area contributed by atoms with Crippen molar-refractivity contribution in [1.29, 1.82) is 0 Å². The van der Waals surface area contributed by atoms with Crippen molar-refractivity contribution in [1.82, 2.24) is 0 Å². The lowest BCUT2D eigenvalue weighted by Gasteiger charge is -1.85. The van der Waals surface area contributed by atoms with Crippen LogP contribution >= 0.6 is 11.6 Å². The Labute approximate surface area is 48.5 Å². The van der Waals surface area contributed by atoms with Gasteiger partial charge in [0.15, 0.2) is 0 Å². The maximum absolute atomic E-state index is 5.57. The second-order valence-corrected chi connectivity index (χ2v) is 1.86. The fourth-order valence-electron chi connectivity index (χ4n) is 0.487. The molecule has 1 rings (SSSR count). The van der Waals surface area contributed by atoms with Crippen LogP contribution in [0.3, 0.4) is 0 Å². The summed E-state index contributed by atoms with van der Waals surface area (Å²) in [5.41, 5.74) is 0. The number of allylic oxidation sites excluding steroid dienone is 4. The van der Waals surface area contributed by atoms with E-state index in [-0.39, 0.29) is 0 Å². The minimum absolute atomic E-state index is 0.850. The van der Waals surface area contributed by atoms with Crippen LogP contribution in [-0.2, 0) is 0 Å². The van der Waals surface area contributed by atoms with E-state index in [0.717, 1.165) is 11.5 Å². The molecule has 0 saturated heterocycles. The smallest absolute Gasteiger partial charge is 0.0530 e. The van der Waals surface area contributed by atoms with Crippen LogP contribution in [-0.4, -0.2) is 0 Å². The highest BCUT2D eigenvalue weighted by Gasteiger charge is 1.99. The first-order valence-corrected chi connectivity index (χ1v) is 2.63. The molecule has 0 saturated carbocycles. The molecule has 0 amide bonds. The standard InChI is InChI=1S/C6H6Cl/c7-6-4-2-1-3-5-6/h1-2,4-5H,3H2/q+1. The second kappa shape index (κ2) is 2.08. The van der Waals surface area contributed by atoms with Crippen LogP contribution in [0, 0.1) is 6.42 Å². The zero-order valence-electron chi connectivity index (χ0n) is 3.89. The average molecular weight is 114 g/mol. The Morgan fingerprint density at radius 3 is 2.86 bits per heavy atom. The quantitative estimate of drug-likeness (QED) is 0.423. The number of rotatable bonds is 0. The molecule has 0 aromatic carbocycles. The fraction of sp³-hybridized carbons (Fsp3) is 0.167. The molecule has 0 fully saturated rings. The van der Waals surface area contributed by atoms with Gasteiger partial charge in [-0.3, -0.25) is 0 Å². The van der Waals surface area contributed by atoms with E-state index in [0.29, 0.717) is 0 Å². The molecule has 1 heteroatoms. The van der Waals surface area contributed by atoms with Crippen molar-refractivity contribution < 1.29 is 0 Å². The molecule has 7 heavy (non-hydrogen) atoms. The lowest BCUT2D eigenvalue weighted by atomic mass is 10.2. The molecule has 0 aromatic rings. The Morgan fingerprint density at radius 2 is 2.57 bits per heavy atom. The van der Waals surface area contributed by atoms with Gasteiger partial charge < -0.3 is 0 Å². The summed E-state index contributed by atoms with van der Waals surface area (Å²) in [5, 5.41) is 0.850. The van der Waals surface area contributed by atoms with Crippen molar-refractivity contribution in [2.24, 2.45) is 0 Å². The molecule has 36 valence electrons. The number of halogens is 1. The Hall–Kier alpha value is -0.360. The summed E-state index contributed by atoms with van der Waals surface area (Å²) in [6, 6.07) is 0. The summed E-state index contributed by atoms with van der Waals surface area (Å²) >= 11 is 5.57. The van der Waals surface area contributed by atoms with E-state index in [4.69, 9.17) is 11.6 Å². The minimum Gasteiger partial charge on any atom is -0.0530 e. The lowest BCUT2D eigenvalue weighted by Crippen LogP contribution is -1.75. The van der Waals surface area contributed by atoms with Gasteiger partial charge in [-0.05, 0) is 0 Å². The van der Waals surface area contributed by atoms with Gasteiger partial charge in [0.1, 0.15) is 5.03 Å². The van der Waals surface area contributed by atoms with E-state index in [2.05, 4.69) is 6.08 Å². The molecule has 0 aliphatic heterocycles. The van der Waals surface area contributed by atoms with E-state index in [1.54, 1.807) is 0 Å². The van der Waals surface area contributed by atoms with Crippen molar-refractivity contribution in [3.05, 3.63) is 29.7 Å². The maximum atomic E-state index is 5.57. The summed E-state index contributed by atoms with van der Waals surface area (Å²) in [6.07, 6.45) is 8.86. The van der Waals surface area contributed by atoms with Gasteiger partial charge in [-0.15, -0.1) is 0 Å². The first-order chi connectivity index (χ1) is 3.39. The van der Waals surface area contributed by atoms with E-state index in [1.807, 2.05) is 18.6 Å². The number of hydrogen-bond donors (Lipinski definition) is 0. The average Bonchev–Trinajstić information content (AvgIpc) is 1.69. The first kappa shape index (κ1) is 4.79. The minimum atomic E-state index is 0.850. The van der Waals surface area contributed by atoms with Crippen LogP contribution < -0.4 is 0 Å². The largest absolute Gasteiger partial charge is 0.145 e. The summed E-state index contributed by atoms with van der Waals surface area (Å²) in [5.74, 6) is 0. The van der Waals surface area contributed by atoms with Crippen LogP contribution in [0.5, 0.6) is 0 Å². The van der Waals surface area contributed by atoms with E-state index >= 15 is 0 Å². The van der Waals surface area contributed by atoms with Gasteiger partial charge in [-0.1, -0.05) is 11.6 Å². The van der Waals surface area contributed by atoms with Gasteiger partial charge in [-0.25, -0.2) is 0 Å². The van der Waals surface area contributed by atoms with Gasteiger partial charge in [0.25, 0.3) is 0 Å². The second-order valence-electron chi connectivity index (χ2n) is 1.42. The van der Waals surface area contributed by atoms with Gasteiger partial charge in [0, 0.05) is 18.2 Å². The van der Waals surface area contributed by atoms with Crippen molar-refractivity contribution in [3.8, 4) is 0 Å². The summed E-state index contributed by atoms with van der Waals surface area (Å²) in [6.45, 7) is 0. The molecular formula is C6H6Cl+. The normalized spacial score (nSPS) is 18.1. The predicted octanol–water partition coefficient (Wildman–Crippen LogP) is 2.27. The highest BCUT2D eigenvalue weighted by Crippen LogP contribution is 2.12. The van der Waals surface area contributed by atoms with Crippen LogP contribution in [0.4, 0.5) is 0 Å². The fourth-order valence-corrected chi connectivity index (χ4v) is 0.649. The summed E-state index contributed by atoms with van der Waals surface area (Å²) in [4.78, 5) is 0. The van der Waals surface area contributed by atoms with Crippen LogP contribution in [0.1, 0.15) is 6.42 Å². The molecule has 0 bridgehead atoms. The van der Waals surface area contributed by atoms with Crippen molar-refractivity contribution in [3.63, 3.8) is 0 Å². The van der Waals surface area contributed by atoms with Gasteiger partial charge in [-0.2, -0.15) is 0 Å². The highest BCUT2D eigenvalue weighted by molar-refractivity contribution is 6.31. The highest BCUT2D eigenvalue weighted by atomic mass is 35.5. The van der Waals surface area contributed by atoms with Gasteiger partial charge in [0.05, 0.1) is 12.8 Å². The van der Waals surface area contributed by atoms with Crippen LogP contribution in [0.15, 0.2) is 23.3 Å². The zero-order valence-corrected chi connectivity index (χ0v) is 4.65. The third-order valence-electron chi connectivity index (χ3n) is 0.840. The van der Waals surface area contributed by atoms with Gasteiger partial charge in [0.2, 0.25) is 0 Å². The molecule has 0 atom stereocenters. The molecule has 0 spiro atoms. The molecular weight excluding hydrogens is 108 g/mol. The predicted molar refractivity (Wildman–Crippen MR) is 32.0 cm³/mol. The molecule has 0 heterocycles. The van der Waals surface area contributed by atoms with Crippen molar-refractivity contribution in [2.75, 3.05) is 0 Å². The first-order valence-electron chi connectivity index (χ1n) is 2.25. The Balaban J connectivity index is 2.50. The Kier molecular flexibility index (Phi) is 1.42. The lowest BCUT2D eigenvalue weighted by molar-refractivity contribution is 1.33. The monoisotopic (exact) mass is 113 g/mol. The van der Waals surface area contributed by atoms with E-state index in [1.165, 1.54) is 0 Å². The summed E-state index contributed by atoms with van der Waals surface area (Å²) in [7, 11) is 0. The molecule has 0 aromatic heterocycles. The Bertz CT molecular complexity index is 111. The van der Waals surface area contributed by atoms with E-state index < -0.39 is 0 Å². The third kappa shape index (κ3) is 1.28. The Morgan fingerprint density at radius 1 is 1.71 bits per heavy atom. The van der Waals surface area contributed by atoms with Gasteiger partial charge >= 0.3 is 0 Å². The SMILES string of the molecule is ClC1=CCC=C[CH+]1. The molecule has 0 unspecified atom stereocenters. The molecule has 0 nitrogen and oxygen atoms in total. The van der Waals surface area contributed by atoms with Crippen molar-refractivity contribution in [2.45, 2.75) is 6.42 Å². The molecule has 1 aliphatic rings. The van der Waals surface area contributed by atoms with E-state index in [9.17, 15) is 0 Å². The maximum Gasteiger partial charge on any atom is 0.145 e.